The molecule has 0 saturated heterocycles. The second-order valence-electron chi connectivity index (χ2n) is 5.53. The maximum Gasteiger partial charge on any atom is 0.330 e. The molecule has 0 amide bonds. The molecule has 0 aliphatic carbocycles. The van der Waals surface area contributed by atoms with Gasteiger partial charge < -0.3 is 9.47 Å². The molecule has 2 heterocycles. The van der Waals surface area contributed by atoms with Crippen molar-refractivity contribution >= 4 is 17.7 Å². The lowest BCUT2D eigenvalue weighted by atomic mass is 10.0. The molecule has 8 heteroatoms. The normalized spacial score (nSPS) is 15.8. The Kier molecular flexibility index (Phi) is 5.40. The highest BCUT2D eigenvalue weighted by atomic mass is 32.2. The second kappa shape index (κ2) is 7.71. The second-order valence-corrected chi connectivity index (χ2v) is 6.62. The van der Waals surface area contributed by atoms with Crippen LogP contribution < -0.4 is 11.2 Å². The van der Waals surface area contributed by atoms with E-state index >= 15 is 0 Å². The molecule has 0 radical (unpaired) electrons. The third-order valence-corrected chi connectivity index (χ3v) is 5.13. The lowest BCUT2D eigenvalue weighted by Crippen LogP contribution is -2.35. The molecule has 7 nitrogen and oxygen atoms in total. The van der Waals surface area contributed by atoms with E-state index in [0.29, 0.717) is 17.0 Å². The van der Waals surface area contributed by atoms with E-state index in [-0.39, 0.29) is 36.7 Å². The van der Waals surface area contributed by atoms with Crippen molar-refractivity contribution in [2.45, 2.75) is 24.7 Å². The quantitative estimate of drug-likeness (QED) is 0.617. The Hall–Kier alpha value is -2.32. The Morgan fingerprint density at radius 2 is 2.04 bits per heavy atom. The van der Waals surface area contributed by atoms with Crippen LogP contribution in [0.1, 0.15) is 29.0 Å². The molecule has 0 bridgehead atoms. The van der Waals surface area contributed by atoms with Crippen molar-refractivity contribution in [2.24, 2.45) is 0 Å². The van der Waals surface area contributed by atoms with Gasteiger partial charge in [-0.15, -0.1) is 11.8 Å². The van der Waals surface area contributed by atoms with Crippen LogP contribution in [0.25, 0.3) is 0 Å². The number of carbonyl (C=O) groups excluding carboxylic acids is 1. The molecule has 132 valence electrons. The van der Waals surface area contributed by atoms with Gasteiger partial charge >= 0.3 is 11.7 Å². The summed E-state index contributed by atoms with van der Waals surface area (Å²) >= 11 is 1.60. The van der Waals surface area contributed by atoms with Gasteiger partial charge in [0.1, 0.15) is 13.3 Å². The summed E-state index contributed by atoms with van der Waals surface area (Å²) < 4.78 is 11.6. The zero-order chi connectivity index (χ0) is 17.8. The number of thioether (sulfide) groups is 1. The predicted molar refractivity (Wildman–Crippen MR) is 93.5 cm³/mol. The molecule has 25 heavy (non-hydrogen) atoms. The summed E-state index contributed by atoms with van der Waals surface area (Å²) in [5.74, 6) is 0.175. The number of ether oxygens (including phenoxy) is 2. The van der Waals surface area contributed by atoms with Crippen molar-refractivity contribution in [1.29, 1.82) is 0 Å². The zero-order valence-electron chi connectivity index (χ0n) is 13.7. The Morgan fingerprint density at radius 3 is 2.76 bits per heavy atom. The number of nitrogens with zero attached hydrogens (tertiary/aromatic N) is 1. The highest BCUT2D eigenvalue weighted by Crippen LogP contribution is 2.43. The lowest BCUT2D eigenvalue weighted by Gasteiger charge is -2.13. The molecule has 0 saturated carbocycles. The molecule has 1 unspecified atom stereocenters. The smallest absolute Gasteiger partial charge is 0.330 e. The van der Waals surface area contributed by atoms with Crippen molar-refractivity contribution in [3.63, 3.8) is 0 Å². The summed E-state index contributed by atoms with van der Waals surface area (Å²) in [7, 11) is 0. The molecule has 1 aromatic carbocycles. The zero-order valence-corrected chi connectivity index (χ0v) is 14.5. The summed E-state index contributed by atoms with van der Waals surface area (Å²) in [6.45, 7) is 1.62. The molecular weight excluding hydrogens is 344 g/mol. The molecule has 3 rings (SSSR count). The molecule has 1 aliphatic heterocycles. The molecule has 1 N–H and O–H groups in total. The Labute approximate surface area is 148 Å². The first-order valence-corrected chi connectivity index (χ1v) is 8.86. The topological polar surface area (TPSA) is 90.4 Å². The van der Waals surface area contributed by atoms with Crippen molar-refractivity contribution < 1.29 is 14.3 Å². The fourth-order valence-electron chi connectivity index (χ4n) is 2.73. The monoisotopic (exact) mass is 362 g/mol. The average Bonchev–Trinajstić information content (AvgIpc) is 3.03. The predicted octanol–water partition coefficient (Wildman–Crippen LogP) is 1.41. The maximum atomic E-state index is 12.3. The number of rotatable bonds is 6. The van der Waals surface area contributed by atoms with E-state index in [1.807, 2.05) is 30.3 Å². The number of benzene rings is 1. The maximum absolute atomic E-state index is 12.3. The largest absolute Gasteiger partial charge is 0.463 e. The Balaban J connectivity index is 1.82. The summed E-state index contributed by atoms with van der Waals surface area (Å²) in [5.41, 5.74) is 1.46. The lowest BCUT2D eigenvalue weighted by molar-refractivity contribution is -0.142. The summed E-state index contributed by atoms with van der Waals surface area (Å²) in [4.78, 5) is 37.6. The van der Waals surface area contributed by atoms with E-state index in [1.165, 1.54) is 11.5 Å². The number of hydrogen-bond donors (Lipinski definition) is 1. The van der Waals surface area contributed by atoms with E-state index in [2.05, 4.69) is 4.98 Å². The van der Waals surface area contributed by atoms with Crippen LogP contribution in [0.15, 0.2) is 39.9 Å². The number of hydrogen-bond acceptors (Lipinski definition) is 6. The van der Waals surface area contributed by atoms with E-state index in [0.717, 1.165) is 5.56 Å². The van der Waals surface area contributed by atoms with Crippen LogP contribution in [0.5, 0.6) is 0 Å². The minimum Gasteiger partial charge on any atom is -0.463 e. The Morgan fingerprint density at radius 1 is 1.28 bits per heavy atom. The fourth-order valence-corrected chi connectivity index (χ4v) is 4.13. The van der Waals surface area contributed by atoms with Gasteiger partial charge in [-0.2, -0.15) is 0 Å². The number of nitrogens with one attached hydrogen (secondary N) is 1. The highest BCUT2D eigenvalue weighted by molar-refractivity contribution is 7.99. The third kappa shape index (κ3) is 3.85. The molecule has 1 aromatic heterocycles. The summed E-state index contributed by atoms with van der Waals surface area (Å²) in [5, 5.41) is -0.104. The number of fused-ring (bicyclic) bond motifs is 1. The first-order chi connectivity index (χ1) is 12.1. The summed E-state index contributed by atoms with van der Waals surface area (Å²) in [6.07, 6.45) is 0. The van der Waals surface area contributed by atoms with Gasteiger partial charge in [0, 0.05) is 18.4 Å². The molecule has 0 spiro atoms. The highest BCUT2D eigenvalue weighted by Gasteiger charge is 2.30. The van der Waals surface area contributed by atoms with Gasteiger partial charge in [0.15, 0.2) is 0 Å². The van der Waals surface area contributed by atoms with Gasteiger partial charge in [-0.25, -0.2) is 4.79 Å². The fraction of sp³-hybridized carbons (Fsp3) is 0.353. The van der Waals surface area contributed by atoms with Crippen molar-refractivity contribution in [3.05, 3.63) is 68.0 Å². The van der Waals surface area contributed by atoms with Gasteiger partial charge in [-0.05, 0) is 5.56 Å². The van der Waals surface area contributed by atoms with Crippen LogP contribution >= 0.6 is 11.8 Å². The van der Waals surface area contributed by atoms with Crippen LogP contribution in [0, 0.1) is 0 Å². The number of esters is 1. The first-order valence-electron chi connectivity index (χ1n) is 7.81. The SMILES string of the molecule is CC(=O)OCCOCn1c2c(c(=O)[nH]c1=O)C(c1ccccc1)SC2. The van der Waals surface area contributed by atoms with Gasteiger partial charge in [0.2, 0.25) is 0 Å². The van der Waals surface area contributed by atoms with Gasteiger partial charge in [0.25, 0.3) is 5.56 Å². The van der Waals surface area contributed by atoms with Gasteiger partial charge in [-0.3, -0.25) is 19.1 Å². The van der Waals surface area contributed by atoms with Gasteiger partial charge in [-0.1, -0.05) is 30.3 Å². The van der Waals surface area contributed by atoms with Crippen molar-refractivity contribution in [2.75, 3.05) is 13.2 Å². The van der Waals surface area contributed by atoms with Crippen LogP contribution in [-0.2, 0) is 26.8 Å². The van der Waals surface area contributed by atoms with Crippen LogP contribution in [0.2, 0.25) is 0 Å². The average molecular weight is 362 g/mol. The standard InChI is InChI=1S/C17H18N2O5S/c1-11(20)24-8-7-23-10-19-13-9-25-15(12-5-3-2-4-6-12)14(13)16(21)18-17(19)22/h2-6,15H,7-10H2,1H3,(H,18,21,22). The van der Waals surface area contributed by atoms with Crippen molar-refractivity contribution in [3.8, 4) is 0 Å². The minimum atomic E-state index is -0.495. The van der Waals surface area contributed by atoms with Crippen LogP contribution in [0.3, 0.4) is 0 Å². The molecule has 1 atom stereocenters. The number of aromatic amines is 1. The number of aromatic nitrogens is 2. The van der Waals surface area contributed by atoms with E-state index in [9.17, 15) is 14.4 Å². The van der Waals surface area contributed by atoms with Crippen LogP contribution in [-0.4, -0.2) is 28.7 Å². The van der Waals surface area contributed by atoms with E-state index in [1.54, 1.807) is 11.8 Å². The number of carbonyl (C=O) groups is 1. The Bertz CT molecular complexity index is 875. The first kappa shape index (κ1) is 17.5. The van der Waals surface area contributed by atoms with E-state index < -0.39 is 5.69 Å². The van der Waals surface area contributed by atoms with E-state index in [4.69, 9.17) is 9.47 Å². The molecular formula is C17H18N2O5S. The third-order valence-electron chi connectivity index (χ3n) is 3.85. The number of H-pyrrole nitrogens is 1. The van der Waals surface area contributed by atoms with Crippen molar-refractivity contribution in [1.82, 2.24) is 9.55 Å². The molecule has 2 aromatic rings. The van der Waals surface area contributed by atoms with Gasteiger partial charge in [0.05, 0.1) is 17.4 Å². The molecule has 1 aliphatic rings. The minimum absolute atomic E-state index is 0.00127. The molecule has 0 fully saturated rings. The van der Waals surface area contributed by atoms with Crippen LogP contribution in [0.4, 0.5) is 0 Å². The summed E-state index contributed by atoms with van der Waals surface area (Å²) in [6, 6.07) is 9.72.